The van der Waals surface area contributed by atoms with E-state index in [0.29, 0.717) is 0 Å². The molecule has 0 saturated heterocycles. The molecule has 0 aliphatic carbocycles. The third-order valence-corrected chi connectivity index (χ3v) is 3.21. The fourth-order valence-corrected chi connectivity index (χ4v) is 1.86. The van der Waals surface area contributed by atoms with Crippen molar-refractivity contribution in [1.29, 1.82) is 0 Å². The molecule has 0 radical (unpaired) electrons. The maximum Gasteiger partial charge on any atom is 0.325 e. The number of carbonyl (C=O) groups is 2. The molecule has 0 spiro atoms. The van der Waals surface area contributed by atoms with E-state index in [2.05, 4.69) is 15.4 Å². The average molecular weight is 267 g/mol. The number of carboxylic acids is 1. The molecule has 0 aromatic heterocycles. The summed E-state index contributed by atoms with van der Waals surface area (Å²) in [5.74, 6) is -1.42. The number of amides is 2. The summed E-state index contributed by atoms with van der Waals surface area (Å²) in [6.45, 7) is 3.14. The number of sulfonamides is 1. The number of carboxylic acid groups (broad SMARTS) is 1. The molecule has 0 bridgehead atoms. The Balaban J connectivity index is 3.90. The van der Waals surface area contributed by atoms with Gasteiger partial charge in [0.1, 0.15) is 6.04 Å². The van der Waals surface area contributed by atoms with Crippen LogP contribution in [0, 0.1) is 0 Å². The fraction of sp³-hybridized carbons (Fsp3) is 0.750. The summed E-state index contributed by atoms with van der Waals surface area (Å²) < 4.78 is 24.6. The van der Waals surface area contributed by atoms with Crippen molar-refractivity contribution in [2.75, 3.05) is 18.8 Å². The van der Waals surface area contributed by atoms with Crippen LogP contribution in [0.1, 0.15) is 13.8 Å². The maximum atomic E-state index is 11.2. The molecule has 8 nitrogen and oxygen atoms in total. The van der Waals surface area contributed by atoms with Crippen molar-refractivity contribution >= 4 is 22.0 Å². The Kier molecular flexibility index (Phi) is 6.51. The molecule has 17 heavy (non-hydrogen) atoms. The van der Waals surface area contributed by atoms with Gasteiger partial charge in [-0.15, -0.1) is 0 Å². The number of hydrogen-bond acceptors (Lipinski definition) is 4. The monoisotopic (exact) mass is 267 g/mol. The van der Waals surface area contributed by atoms with Gasteiger partial charge < -0.3 is 15.7 Å². The van der Waals surface area contributed by atoms with Crippen molar-refractivity contribution in [1.82, 2.24) is 15.4 Å². The van der Waals surface area contributed by atoms with E-state index in [1.54, 1.807) is 6.92 Å². The molecular weight excluding hydrogens is 250 g/mol. The highest BCUT2D eigenvalue weighted by molar-refractivity contribution is 7.89. The predicted octanol–water partition coefficient (Wildman–Crippen LogP) is -1.30. The van der Waals surface area contributed by atoms with Gasteiger partial charge in [0.15, 0.2) is 0 Å². The van der Waals surface area contributed by atoms with E-state index in [-0.39, 0.29) is 18.8 Å². The van der Waals surface area contributed by atoms with Gasteiger partial charge in [0.2, 0.25) is 10.0 Å². The summed E-state index contributed by atoms with van der Waals surface area (Å²) in [6, 6.07) is -1.74. The first-order chi connectivity index (χ1) is 7.78. The summed E-state index contributed by atoms with van der Waals surface area (Å²) >= 11 is 0. The van der Waals surface area contributed by atoms with Gasteiger partial charge in [0.05, 0.1) is 5.75 Å². The lowest BCUT2D eigenvalue weighted by Crippen LogP contribution is -2.46. The van der Waals surface area contributed by atoms with Crippen LogP contribution in [-0.2, 0) is 14.8 Å². The zero-order chi connectivity index (χ0) is 13.5. The normalized spacial score (nSPS) is 12.8. The number of urea groups is 1. The molecule has 9 heteroatoms. The van der Waals surface area contributed by atoms with E-state index >= 15 is 0 Å². The van der Waals surface area contributed by atoms with Gasteiger partial charge in [-0.25, -0.2) is 17.9 Å². The lowest BCUT2D eigenvalue weighted by atomic mass is 10.3. The Morgan fingerprint density at radius 3 is 2.41 bits per heavy atom. The first kappa shape index (κ1) is 15.7. The summed E-state index contributed by atoms with van der Waals surface area (Å²) in [5, 5.41) is 12.9. The van der Waals surface area contributed by atoms with E-state index < -0.39 is 28.1 Å². The summed E-state index contributed by atoms with van der Waals surface area (Å²) in [6.07, 6.45) is 0. The highest BCUT2D eigenvalue weighted by Gasteiger charge is 2.14. The average Bonchev–Trinajstić information content (AvgIpc) is 2.16. The SMILES string of the molecule is CCNS(=O)(=O)CCNC(=O)NC(C)C(=O)O. The van der Waals surface area contributed by atoms with Crippen molar-refractivity contribution in [3.63, 3.8) is 0 Å². The largest absolute Gasteiger partial charge is 0.480 e. The van der Waals surface area contributed by atoms with Crippen LogP contribution in [-0.4, -0.2) is 50.4 Å². The highest BCUT2D eigenvalue weighted by Crippen LogP contribution is 1.83. The Hall–Kier alpha value is -1.35. The summed E-state index contributed by atoms with van der Waals surface area (Å²) in [4.78, 5) is 21.5. The maximum absolute atomic E-state index is 11.2. The molecule has 100 valence electrons. The molecule has 0 rings (SSSR count). The Morgan fingerprint density at radius 2 is 1.94 bits per heavy atom. The van der Waals surface area contributed by atoms with Crippen molar-refractivity contribution in [2.24, 2.45) is 0 Å². The Bertz CT molecular complexity index is 367. The summed E-state index contributed by atoms with van der Waals surface area (Å²) in [7, 11) is -3.38. The van der Waals surface area contributed by atoms with Crippen LogP contribution in [0.5, 0.6) is 0 Å². The molecule has 0 heterocycles. The number of rotatable bonds is 7. The Morgan fingerprint density at radius 1 is 1.35 bits per heavy atom. The fourth-order valence-electron chi connectivity index (χ4n) is 0.900. The first-order valence-electron chi connectivity index (χ1n) is 5.03. The van der Waals surface area contributed by atoms with E-state index in [9.17, 15) is 18.0 Å². The number of carbonyl (C=O) groups excluding carboxylic acids is 1. The molecule has 0 aromatic carbocycles. The third kappa shape index (κ3) is 7.53. The van der Waals surface area contributed by atoms with Crippen molar-refractivity contribution in [2.45, 2.75) is 19.9 Å². The molecule has 0 aliphatic heterocycles. The topological polar surface area (TPSA) is 125 Å². The molecule has 0 aliphatic rings. The number of hydrogen-bond donors (Lipinski definition) is 4. The van der Waals surface area contributed by atoms with Crippen LogP contribution >= 0.6 is 0 Å². The smallest absolute Gasteiger partial charge is 0.325 e. The molecule has 0 aromatic rings. The molecule has 2 amide bonds. The van der Waals surface area contributed by atoms with Gasteiger partial charge in [-0.05, 0) is 6.92 Å². The van der Waals surface area contributed by atoms with E-state index in [1.807, 2.05) is 0 Å². The lowest BCUT2D eigenvalue weighted by molar-refractivity contribution is -0.138. The van der Waals surface area contributed by atoms with Gasteiger partial charge in [0.25, 0.3) is 0 Å². The second-order valence-corrected chi connectivity index (χ2v) is 5.20. The second-order valence-electron chi connectivity index (χ2n) is 3.28. The second kappa shape index (κ2) is 7.07. The lowest BCUT2D eigenvalue weighted by Gasteiger charge is -2.10. The molecule has 0 fully saturated rings. The van der Waals surface area contributed by atoms with Crippen LogP contribution in [0.2, 0.25) is 0 Å². The molecule has 4 N–H and O–H groups in total. The standard InChI is InChI=1S/C8H17N3O5S/c1-3-10-17(15,16)5-4-9-8(14)11-6(2)7(12)13/h6,10H,3-5H2,1-2H3,(H,12,13)(H2,9,11,14). The molecule has 1 atom stereocenters. The zero-order valence-corrected chi connectivity index (χ0v) is 10.5. The van der Waals surface area contributed by atoms with E-state index in [4.69, 9.17) is 5.11 Å². The van der Waals surface area contributed by atoms with Crippen LogP contribution in [0.25, 0.3) is 0 Å². The van der Waals surface area contributed by atoms with Crippen molar-refractivity contribution in [3.8, 4) is 0 Å². The molecule has 1 unspecified atom stereocenters. The highest BCUT2D eigenvalue weighted by atomic mass is 32.2. The van der Waals surface area contributed by atoms with E-state index in [1.165, 1.54) is 6.92 Å². The van der Waals surface area contributed by atoms with Gasteiger partial charge in [-0.2, -0.15) is 0 Å². The zero-order valence-electron chi connectivity index (χ0n) is 9.69. The van der Waals surface area contributed by atoms with Crippen LogP contribution in [0.3, 0.4) is 0 Å². The van der Waals surface area contributed by atoms with Crippen LogP contribution < -0.4 is 15.4 Å². The Labute approximate surface area is 99.8 Å². The first-order valence-corrected chi connectivity index (χ1v) is 6.68. The predicted molar refractivity (Wildman–Crippen MR) is 61.1 cm³/mol. The quantitative estimate of drug-likeness (QED) is 0.456. The van der Waals surface area contributed by atoms with Gasteiger partial charge >= 0.3 is 12.0 Å². The van der Waals surface area contributed by atoms with Crippen molar-refractivity contribution < 1.29 is 23.1 Å². The summed E-state index contributed by atoms with van der Waals surface area (Å²) in [5.41, 5.74) is 0. The molecule has 0 saturated carbocycles. The molecular formula is C8H17N3O5S. The van der Waals surface area contributed by atoms with Crippen LogP contribution in [0.15, 0.2) is 0 Å². The minimum absolute atomic E-state index is 0.0898. The van der Waals surface area contributed by atoms with Gasteiger partial charge in [-0.3, -0.25) is 4.79 Å². The minimum atomic E-state index is -3.38. The number of aliphatic carboxylic acids is 1. The minimum Gasteiger partial charge on any atom is -0.480 e. The van der Waals surface area contributed by atoms with Gasteiger partial charge in [-0.1, -0.05) is 6.92 Å². The van der Waals surface area contributed by atoms with Crippen LogP contribution in [0.4, 0.5) is 4.79 Å². The third-order valence-electron chi connectivity index (χ3n) is 1.74. The number of nitrogens with one attached hydrogen (secondary N) is 3. The van der Waals surface area contributed by atoms with Gasteiger partial charge in [0, 0.05) is 13.1 Å². The van der Waals surface area contributed by atoms with E-state index in [0.717, 1.165) is 0 Å². The van der Waals surface area contributed by atoms with Crippen molar-refractivity contribution in [3.05, 3.63) is 0 Å².